The van der Waals surface area contributed by atoms with E-state index in [0.29, 0.717) is 30.6 Å². The second-order valence-corrected chi connectivity index (χ2v) is 9.93. The summed E-state index contributed by atoms with van der Waals surface area (Å²) in [6.45, 7) is 4.86. The van der Waals surface area contributed by atoms with E-state index in [9.17, 15) is 8.42 Å². The van der Waals surface area contributed by atoms with Crippen molar-refractivity contribution in [3.05, 3.63) is 35.2 Å². The Morgan fingerprint density at radius 1 is 1.38 bits per heavy atom. The molecule has 2 aromatic heterocycles. The van der Waals surface area contributed by atoms with Gasteiger partial charge in [-0.25, -0.2) is 13.4 Å². The molecule has 0 aromatic carbocycles. The third kappa shape index (κ3) is 4.25. The first-order valence-corrected chi connectivity index (χ1v) is 10.1. The van der Waals surface area contributed by atoms with Gasteiger partial charge in [-0.3, -0.25) is 4.99 Å². The minimum atomic E-state index is -3.08. The number of guanidine groups is 1. The molecule has 0 amide bonds. The van der Waals surface area contributed by atoms with E-state index in [2.05, 4.69) is 15.3 Å². The van der Waals surface area contributed by atoms with E-state index in [1.165, 1.54) is 0 Å². The summed E-state index contributed by atoms with van der Waals surface area (Å²) in [4.78, 5) is 10.8. The van der Waals surface area contributed by atoms with Crippen molar-refractivity contribution in [2.45, 2.75) is 25.1 Å². The van der Waals surface area contributed by atoms with Gasteiger partial charge in [0.2, 0.25) is 0 Å². The predicted octanol–water partition coefficient (Wildman–Crippen LogP) is 2.19. The van der Waals surface area contributed by atoms with Gasteiger partial charge in [0, 0.05) is 32.5 Å². The molecule has 0 bridgehead atoms. The first-order chi connectivity index (χ1) is 11.7. The van der Waals surface area contributed by atoms with Crippen LogP contribution in [0.25, 0.3) is 5.65 Å². The molecule has 2 aromatic rings. The van der Waals surface area contributed by atoms with Crippen molar-refractivity contribution < 1.29 is 8.42 Å². The molecule has 1 N–H and O–H groups in total. The summed E-state index contributed by atoms with van der Waals surface area (Å²) in [7, 11) is -1.38. The molecule has 1 aliphatic heterocycles. The highest BCUT2D eigenvalue weighted by atomic mass is 127. The molecule has 0 aliphatic carbocycles. The standard InChI is InChI=1S/C16H22ClN5O2S.HI/c1-16(2)11-21(6-7-25(16,23)24)15(18-3)19-8-13-10-22-9-12(17)4-5-14(22)20-13;/h4-5,9-10H,6-8,11H2,1-3H3,(H,18,19);1H. The van der Waals surface area contributed by atoms with E-state index in [4.69, 9.17) is 11.6 Å². The van der Waals surface area contributed by atoms with Crippen molar-refractivity contribution >= 4 is 57.0 Å². The van der Waals surface area contributed by atoms with Crippen molar-refractivity contribution in [1.29, 1.82) is 0 Å². The van der Waals surface area contributed by atoms with Crippen LogP contribution in [0.4, 0.5) is 0 Å². The number of hydrogen-bond donors (Lipinski definition) is 1. The Kier molecular flexibility index (Phi) is 6.44. The molecule has 0 radical (unpaired) electrons. The summed E-state index contributed by atoms with van der Waals surface area (Å²) in [5, 5.41) is 3.92. The number of sulfone groups is 1. The molecule has 10 heteroatoms. The maximum absolute atomic E-state index is 12.2. The van der Waals surface area contributed by atoms with Gasteiger partial charge in [0.25, 0.3) is 0 Å². The summed E-state index contributed by atoms with van der Waals surface area (Å²) < 4.78 is 25.4. The molecule has 3 rings (SSSR count). The number of aliphatic imine (C=N–C) groups is 1. The summed E-state index contributed by atoms with van der Waals surface area (Å²) in [5.74, 6) is 0.811. The fourth-order valence-corrected chi connectivity index (χ4v) is 4.46. The molecular weight excluding hydrogens is 489 g/mol. The lowest BCUT2D eigenvalue weighted by molar-refractivity contribution is 0.353. The molecule has 0 saturated carbocycles. The largest absolute Gasteiger partial charge is 0.351 e. The van der Waals surface area contributed by atoms with Crippen LogP contribution in [0.2, 0.25) is 5.02 Å². The minimum Gasteiger partial charge on any atom is -0.351 e. The number of halogens is 2. The molecule has 0 spiro atoms. The van der Waals surface area contributed by atoms with Crippen LogP contribution < -0.4 is 5.32 Å². The summed E-state index contributed by atoms with van der Waals surface area (Å²) >= 11 is 5.99. The second kappa shape index (κ2) is 7.89. The molecule has 1 aliphatic rings. The fourth-order valence-electron chi connectivity index (χ4n) is 2.93. The van der Waals surface area contributed by atoms with E-state index in [1.807, 2.05) is 21.6 Å². The summed E-state index contributed by atoms with van der Waals surface area (Å²) in [6, 6.07) is 3.66. The zero-order valence-corrected chi connectivity index (χ0v) is 18.8. The summed E-state index contributed by atoms with van der Waals surface area (Å²) in [6.07, 6.45) is 3.71. The van der Waals surface area contributed by atoms with Crippen LogP contribution in [-0.4, -0.2) is 59.3 Å². The third-order valence-corrected chi connectivity index (χ3v) is 7.20. The van der Waals surface area contributed by atoms with Gasteiger partial charge >= 0.3 is 0 Å². The molecule has 144 valence electrons. The molecular formula is C16H23ClIN5O2S. The van der Waals surface area contributed by atoms with Gasteiger partial charge in [0.15, 0.2) is 15.8 Å². The van der Waals surface area contributed by atoms with Crippen LogP contribution in [0, 0.1) is 0 Å². The normalized spacial score (nSPS) is 19.2. The first-order valence-electron chi connectivity index (χ1n) is 8.03. The zero-order chi connectivity index (χ0) is 18.2. The van der Waals surface area contributed by atoms with Crippen LogP contribution >= 0.6 is 35.6 Å². The minimum absolute atomic E-state index is 0. The zero-order valence-electron chi connectivity index (χ0n) is 14.9. The lowest BCUT2D eigenvalue weighted by Gasteiger charge is -2.39. The lowest BCUT2D eigenvalue weighted by atomic mass is 10.2. The van der Waals surface area contributed by atoms with Gasteiger partial charge in [0.05, 0.1) is 27.8 Å². The van der Waals surface area contributed by atoms with Gasteiger partial charge in [-0.1, -0.05) is 11.6 Å². The van der Waals surface area contributed by atoms with E-state index < -0.39 is 14.6 Å². The highest BCUT2D eigenvalue weighted by Crippen LogP contribution is 2.23. The molecule has 1 fully saturated rings. The number of rotatable bonds is 2. The van der Waals surface area contributed by atoms with Crippen molar-refractivity contribution in [2.24, 2.45) is 4.99 Å². The third-order valence-electron chi connectivity index (χ3n) is 4.45. The van der Waals surface area contributed by atoms with Crippen LogP contribution in [0.15, 0.2) is 29.5 Å². The van der Waals surface area contributed by atoms with E-state index >= 15 is 0 Å². The van der Waals surface area contributed by atoms with Gasteiger partial charge < -0.3 is 14.6 Å². The average Bonchev–Trinajstić information content (AvgIpc) is 2.93. The van der Waals surface area contributed by atoms with Crippen LogP contribution in [0.5, 0.6) is 0 Å². The average molecular weight is 512 g/mol. The van der Waals surface area contributed by atoms with Gasteiger partial charge in [0.1, 0.15) is 5.65 Å². The highest BCUT2D eigenvalue weighted by Gasteiger charge is 2.40. The molecule has 1 saturated heterocycles. The Morgan fingerprint density at radius 3 is 2.77 bits per heavy atom. The van der Waals surface area contributed by atoms with Crippen LogP contribution in [0.1, 0.15) is 19.5 Å². The summed E-state index contributed by atoms with van der Waals surface area (Å²) in [5.41, 5.74) is 1.67. The Labute approximate surface area is 175 Å². The maximum Gasteiger partial charge on any atom is 0.194 e. The van der Waals surface area contributed by atoms with Crippen molar-refractivity contribution in [3.8, 4) is 0 Å². The van der Waals surface area contributed by atoms with E-state index in [1.54, 1.807) is 33.2 Å². The van der Waals surface area contributed by atoms with Crippen molar-refractivity contribution in [2.75, 3.05) is 25.9 Å². The Morgan fingerprint density at radius 2 is 2.12 bits per heavy atom. The monoisotopic (exact) mass is 511 g/mol. The highest BCUT2D eigenvalue weighted by molar-refractivity contribution is 14.0. The topological polar surface area (TPSA) is 79.1 Å². The van der Waals surface area contributed by atoms with Crippen LogP contribution in [0.3, 0.4) is 0 Å². The number of nitrogens with zero attached hydrogens (tertiary/aromatic N) is 4. The Bertz CT molecular complexity index is 926. The number of pyridine rings is 1. The molecule has 0 atom stereocenters. The van der Waals surface area contributed by atoms with Gasteiger partial charge in [-0.15, -0.1) is 24.0 Å². The number of nitrogens with one attached hydrogen (secondary N) is 1. The van der Waals surface area contributed by atoms with Crippen LogP contribution in [-0.2, 0) is 16.4 Å². The smallest absolute Gasteiger partial charge is 0.194 e. The predicted molar refractivity (Wildman–Crippen MR) is 115 cm³/mol. The van der Waals surface area contributed by atoms with E-state index in [0.717, 1.165) is 11.3 Å². The molecule has 7 nitrogen and oxygen atoms in total. The number of hydrogen-bond acceptors (Lipinski definition) is 4. The molecule has 26 heavy (non-hydrogen) atoms. The number of fused-ring (bicyclic) bond motifs is 1. The molecule has 0 unspecified atom stereocenters. The lowest BCUT2D eigenvalue weighted by Crippen LogP contribution is -2.57. The van der Waals surface area contributed by atoms with Crippen molar-refractivity contribution in [1.82, 2.24) is 19.6 Å². The number of aromatic nitrogens is 2. The van der Waals surface area contributed by atoms with Gasteiger partial charge in [-0.05, 0) is 26.0 Å². The molecule has 3 heterocycles. The van der Waals surface area contributed by atoms with Gasteiger partial charge in [-0.2, -0.15) is 0 Å². The fraction of sp³-hybridized carbons (Fsp3) is 0.500. The maximum atomic E-state index is 12.2. The van der Waals surface area contributed by atoms with Crippen molar-refractivity contribution in [3.63, 3.8) is 0 Å². The quantitative estimate of drug-likeness (QED) is 0.380. The number of imidazole rings is 1. The Balaban J connectivity index is 0.00000243. The van der Waals surface area contributed by atoms with E-state index in [-0.39, 0.29) is 29.7 Å². The second-order valence-electron chi connectivity index (χ2n) is 6.75. The Hall–Kier alpha value is -1.07. The SMILES string of the molecule is CN=C(NCc1cn2cc(Cl)ccc2n1)N1CCS(=O)(=O)C(C)(C)C1.I. The first kappa shape index (κ1) is 21.2.